The summed E-state index contributed by atoms with van der Waals surface area (Å²) in [6.07, 6.45) is 2.73. The van der Waals surface area contributed by atoms with E-state index >= 15 is 0 Å². The van der Waals surface area contributed by atoms with Crippen LogP contribution in [-0.4, -0.2) is 23.4 Å². The molecule has 0 saturated carbocycles. The summed E-state index contributed by atoms with van der Waals surface area (Å²) in [5, 5.41) is 4.33. The molecule has 0 spiro atoms. The summed E-state index contributed by atoms with van der Waals surface area (Å²) < 4.78 is 0. The SMILES string of the molecule is Cc1ccc(CCN[C@@H](C)C(=O)c2c[nH]c3ccccc23)cc1. The van der Waals surface area contributed by atoms with Crippen molar-refractivity contribution >= 4 is 16.7 Å². The number of benzene rings is 2. The fourth-order valence-corrected chi connectivity index (χ4v) is 2.79. The molecule has 0 unspecified atom stereocenters. The summed E-state index contributed by atoms with van der Waals surface area (Å²) in [7, 11) is 0. The molecule has 0 amide bonds. The second-order valence-electron chi connectivity index (χ2n) is 6.02. The highest BCUT2D eigenvalue weighted by Gasteiger charge is 2.17. The van der Waals surface area contributed by atoms with E-state index in [1.54, 1.807) is 0 Å². The molecule has 2 aromatic carbocycles. The number of carbonyl (C=O) groups excluding carboxylic acids is 1. The van der Waals surface area contributed by atoms with Crippen molar-refractivity contribution in [1.29, 1.82) is 0 Å². The monoisotopic (exact) mass is 306 g/mol. The Morgan fingerprint density at radius 3 is 2.65 bits per heavy atom. The van der Waals surface area contributed by atoms with Gasteiger partial charge in [-0.3, -0.25) is 4.79 Å². The molecule has 1 atom stereocenters. The molecule has 3 rings (SSSR count). The number of aromatic amines is 1. The molecule has 23 heavy (non-hydrogen) atoms. The van der Waals surface area contributed by atoms with Crippen LogP contribution in [0.3, 0.4) is 0 Å². The number of Topliss-reactive ketones (excluding diaryl/α,β-unsaturated/α-hetero) is 1. The van der Waals surface area contributed by atoms with Crippen molar-refractivity contribution in [2.45, 2.75) is 26.3 Å². The van der Waals surface area contributed by atoms with Crippen molar-refractivity contribution in [2.24, 2.45) is 0 Å². The lowest BCUT2D eigenvalue weighted by molar-refractivity contribution is 0.0953. The summed E-state index contributed by atoms with van der Waals surface area (Å²) in [5.41, 5.74) is 4.32. The first-order valence-corrected chi connectivity index (χ1v) is 8.04. The van der Waals surface area contributed by atoms with Crippen molar-refractivity contribution in [2.75, 3.05) is 6.54 Å². The van der Waals surface area contributed by atoms with Crippen molar-refractivity contribution < 1.29 is 4.79 Å². The minimum absolute atomic E-state index is 0.131. The second kappa shape index (κ2) is 6.80. The zero-order chi connectivity index (χ0) is 16.2. The fraction of sp³-hybridized carbons (Fsp3) is 0.250. The van der Waals surface area contributed by atoms with E-state index in [1.165, 1.54) is 11.1 Å². The average Bonchev–Trinajstić information content (AvgIpc) is 3.00. The van der Waals surface area contributed by atoms with Crippen LogP contribution >= 0.6 is 0 Å². The maximum absolute atomic E-state index is 12.6. The second-order valence-corrected chi connectivity index (χ2v) is 6.02. The molecule has 1 aromatic heterocycles. The number of aromatic nitrogens is 1. The van der Waals surface area contributed by atoms with Gasteiger partial charge in [-0.15, -0.1) is 0 Å². The van der Waals surface area contributed by atoms with E-state index in [0.29, 0.717) is 0 Å². The molecule has 0 aliphatic carbocycles. The third-order valence-corrected chi connectivity index (χ3v) is 4.23. The largest absolute Gasteiger partial charge is 0.360 e. The number of hydrogen-bond acceptors (Lipinski definition) is 2. The van der Waals surface area contributed by atoms with Crippen LogP contribution < -0.4 is 5.32 Å². The maximum Gasteiger partial charge on any atom is 0.181 e. The third kappa shape index (κ3) is 3.51. The lowest BCUT2D eigenvalue weighted by Gasteiger charge is -2.12. The highest BCUT2D eigenvalue weighted by Crippen LogP contribution is 2.19. The Kier molecular flexibility index (Phi) is 4.58. The zero-order valence-corrected chi connectivity index (χ0v) is 13.6. The number of fused-ring (bicyclic) bond motifs is 1. The predicted octanol–water partition coefficient (Wildman–Crippen LogP) is 3.88. The molecule has 3 nitrogen and oxygen atoms in total. The predicted molar refractivity (Wildman–Crippen MR) is 95.0 cm³/mol. The van der Waals surface area contributed by atoms with E-state index in [0.717, 1.165) is 29.4 Å². The van der Waals surface area contributed by atoms with Gasteiger partial charge in [-0.05, 0) is 38.4 Å². The van der Waals surface area contributed by atoms with Crippen LogP contribution in [0.1, 0.15) is 28.4 Å². The van der Waals surface area contributed by atoms with E-state index in [1.807, 2.05) is 37.4 Å². The molecular formula is C20H22N2O. The lowest BCUT2D eigenvalue weighted by atomic mass is 10.0. The summed E-state index contributed by atoms with van der Waals surface area (Å²) in [4.78, 5) is 15.8. The lowest BCUT2D eigenvalue weighted by Crippen LogP contribution is -2.35. The molecule has 0 aliphatic rings. The molecule has 0 fully saturated rings. The number of H-pyrrole nitrogens is 1. The van der Waals surface area contributed by atoms with E-state index in [2.05, 4.69) is 41.5 Å². The van der Waals surface area contributed by atoms with Crippen molar-refractivity contribution in [3.8, 4) is 0 Å². The van der Waals surface area contributed by atoms with E-state index in [-0.39, 0.29) is 11.8 Å². The molecule has 3 heteroatoms. The molecular weight excluding hydrogens is 284 g/mol. The van der Waals surface area contributed by atoms with Crippen LogP contribution in [-0.2, 0) is 6.42 Å². The third-order valence-electron chi connectivity index (χ3n) is 4.23. The van der Waals surface area contributed by atoms with Gasteiger partial charge in [-0.25, -0.2) is 0 Å². The molecule has 0 saturated heterocycles. The smallest absolute Gasteiger partial charge is 0.181 e. The van der Waals surface area contributed by atoms with Gasteiger partial charge >= 0.3 is 0 Å². The Labute approximate surface area is 136 Å². The summed E-state index contributed by atoms with van der Waals surface area (Å²) >= 11 is 0. The Bertz CT molecular complexity index is 802. The van der Waals surface area contributed by atoms with E-state index in [9.17, 15) is 4.79 Å². The van der Waals surface area contributed by atoms with Crippen LogP contribution in [0.5, 0.6) is 0 Å². The Morgan fingerprint density at radius 2 is 1.87 bits per heavy atom. The fourth-order valence-electron chi connectivity index (χ4n) is 2.79. The molecule has 2 N–H and O–H groups in total. The van der Waals surface area contributed by atoms with E-state index < -0.39 is 0 Å². The number of carbonyl (C=O) groups is 1. The van der Waals surface area contributed by atoms with Crippen LogP contribution in [0, 0.1) is 6.92 Å². The van der Waals surface area contributed by atoms with Gasteiger partial charge in [0.25, 0.3) is 0 Å². The highest BCUT2D eigenvalue weighted by molar-refractivity contribution is 6.10. The van der Waals surface area contributed by atoms with Gasteiger partial charge in [0, 0.05) is 22.7 Å². The molecule has 3 aromatic rings. The van der Waals surface area contributed by atoms with Crippen LogP contribution in [0.15, 0.2) is 54.7 Å². The molecule has 0 aliphatic heterocycles. The van der Waals surface area contributed by atoms with Crippen LogP contribution in [0.2, 0.25) is 0 Å². The van der Waals surface area contributed by atoms with Gasteiger partial charge in [0.1, 0.15) is 0 Å². The molecule has 118 valence electrons. The first-order valence-electron chi connectivity index (χ1n) is 8.04. The first-order chi connectivity index (χ1) is 11.1. The number of para-hydroxylation sites is 1. The topological polar surface area (TPSA) is 44.9 Å². The molecule has 1 heterocycles. The average molecular weight is 306 g/mol. The zero-order valence-electron chi connectivity index (χ0n) is 13.6. The number of nitrogens with one attached hydrogen (secondary N) is 2. The minimum Gasteiger partial charge on any atom is -0.360 e. The summed E-state index contributed by atoms with van der Waals surface area (Å²) in [5.74, 6) is 0.131. The molecule has 0 bridgehead atoms. The van der Waals surface area contributed by atoms with E-state index in [4.69, 9.17) is 0 Å². The standard InChI is InChI=1S/C20H22N2O/c1-14-7-9-16(10-8-14)11-12-21-15(2)20(23)18-13-22-19-6-4-3-5-17(18)19/h3-10,13,15,21-22H,11-12H2,1-2H3/t15-/m0/s1. The Morgan fingerprint density at radius 1 is 1.13 bits per heavy atom. The van der Waals surface area contributed by atoms with Crippen molar-refractivity contribution in [1.82, 2.24) is 10.3 Å². The van der Waals surface area contributed by atoms with Gasteiger partial charge in [0.2, 0.25) is 0 Å². The summed E-state index contributed by atoms with van der Waals surface area (Å²) in [6.45, 7) is 4.81. The van der Waals surface area contributed by atoms with Crippen LogP contribution in [0.25, 0.3) is 10.9 Å². The highest BCUT2D eigenvalue weighted by atomic mass is 16.1. The minimum atomic E-state index is -0.195. The normalized spacial score (nSPS) is 12.4. The van der Waals surface area contributed by atoms with Gasteiger partial charge in [-0.1, -0.05) is 48.0 Å². The number of rotatable bonds is 6. The number of hydrogen-bond donors (Lipinski definition) is 2. The summed E-state index contributed by atoms with van der Waals surface area (Å²) in [6, 6.07) is 16.2. The van der Waals surface area contributed by atoms with Gasteiger partial charge in [0.05, 0.1) is 6.04 Å². The maximum atomic E-state index is 12.6. The van der Waals surface area contributed by atoms with Gasteiger partial charge in [-0.2, -0.15) is 0 Å². The first kappa shape index (κ1) is 15.5. The Balaban J connectivity index is 1.60. The van der Waals surface area contributed by atoms with Gasteiger partial charge < -0.3 is 10.3 Å². The quantitative estimate of drug-likeness (QED) is 0.679. The number of ketones is 1. The van der Waals surface area contributed by atoms with Crippen molar-refractivity contribution in [3.63, 3.8) is 0 Å². The molecule has 0 radical (unpaired) electrons. The van der Waals surface area contributed by atoms with Crippen LogP contribution in [0.4, 0.5) is 0 Å². The van der Waals surface area contributed by atoms with Gasteiger partial charge in [0.15, 0.2) is 5.78 Å². The number of aryl methyl sites for hydroxylation is 1. The Hall–Kier alpha value is -2.39. The van der Waals surface area contributed by atoms with Crippen molar-refractivity contribution in [3.05, 3.63) is 71.4 Å².